The van der Waals surface area contributed by atoms with E-state index in [1.807, 2.05) is 19.1 Å². The molecule has 0 N–H and O–H groups in total. The lowest BCUT2D eigenvalue weighted by Crippen LogP contribution is -2.29. The van der Waals surface area contributed by atoms with Gasteiger partial charge in [0, 0.05) is 12.6 Å². The van der Waals surface area contributed by atoms with Crippen LogP contribution in [0.1, 0.15) is 18.1 Å². The molecule has 4 nitrogen and oxygen atoms in total. The van der Waals surface area contributed by atoms with E-state index in [-0.39, 0.29) is 12.5 Å². The normalized spacial score (nSPS) is 9.72. The summed E-state index contributed by atoms with van der Waals surface area (Å²) in [5.41, 5.74) is 1.42. The summed E-state index contributed by atoms with van der Waals surface area (Å²) in [7, 11) is 0. The summed E-state index contributed by atoms with van der Waals surface area (Å²) in [5.74, 6) is -0.191. The second kappa shape index (κ2) is 6.88. The molecule has 0 aliphatic carbocycles. The smallest absolute Gasteiger partial charge is 0.247 e. The largest absolute Gasteiger partial charge is 0.326 e. The van der Waals surface area contributed by atoms with E-state index in [4.69, 9.17) is 10.5 Å². The summed E-state index contributed by atoms with van der Waals surface area (Å²) in [6.07, 6.45) is 3.10. The van der Waals surface area contributed by atoms with Crippen LogP contribution >= 0.6 is 0 Å². The van der Waals surface area contributed by atoms with E-state index in [0.717, 1.165) is 5.56 Å². The predicted octanol–water partition coefficient (Wildman–Crippen LogP) is 1.94. The fourth-order valence-corrected chi connectivity index (χ4v) is 1.37. The van der Waals surface area contributed by atoms with Crippen LogP contribution in [-0.4, -0.2) is 23.9 Å². The minimum atomic E-state index is -0.191. The van der Waals surface area contributed by atoms with E-state index < -0.39 is 0 Å². The van der Waals surface area contributed by atoms with Gasteiger partial charge in [0.2, 0.25) is 5.91 Å². The van der Waals surface area contributed by atoms with Crippen LogP contribution in [0.4, 0.5) is 0 Å². The second-order valence-electron chi connectivity index (χ2n) is 3.58. The van der Waals surface area contributed by atoms with Crippen LogP contribution in [0.5, 0.6) is 0 Å². The minimum absolute atomic E-state index is 0.0903. The first-order valence-electron chi connectivity index (χ1n) is 5.55. The van der Waals surface area contributed by atoms with Crippen LogP contribution in [0.15, 0.2) is 30.3 Å². The first kappa shape index (κ1) is 13.5. The first-order chi connectivity index (χ1) is 8.71. The summed E-state index contributed by atoms with van der Waals surface area (Å²) < 4.78 is 0. The quantitative estimate of drug-likeness (QED) is 0.595. The molecule has 0 fully saturated rings. The van der Waals surface area contributed by atoms with E-state index in [1.165, 1.54) is 11.0 Å². The Bertz CT molecular complexity index is 517. The summed E-state index contributed by atoms with van der Waals surface area (Å²) >= 11 is 0. The Labute approximate surface area is 106 Å². The van der Waals surface area contributed by atoms with Crippen molar-refractivity contribution >= 4 is 12.0 Å². The molecule has 0 atom stereocenters. The van der Waals surface area contributed by atoms with Crippen LogP contribution in [0.3, 0.4) is 0 Å². The second-order valence-corrected chi connectivity index (χ2v) is 3.58. The molecule has 0 radical (unpaired) electrons. The Kier molecular flexibility index (Phi) is 5.15. The summed E-state index contributed by atoms with van der Waals surface area (Å²) in [6, 6.07) is 10.9. The molecule has 0 aliphatic rings. The highest BCUT2D eigenvalue weighted by Crippen LogP contribution is 2.05. The van der Waals surface area contributed by atoms with Gasteiger partial charge in [0.1, 0.15) is 6.54 Å². The maximum absolute atomic E-state index is 11.7. The maximum atomic E-state index is 11.7. The van der Waals surface area contributed by atoms with Gasteiger partial charge in [-0.1, -0.05) is 12.1 Å². The fourth-order valence-electron chi connectivity index (χ4n) is 1.37. The number of carbonyl (C=O) groups is 1. The van der Waals surface area contributed by atoms with Crippen LogP contribution in [0.2, 0.25) is 0 Å². The summed E-state index contributed by atoms with van der Waals surface area (Å²) in [4.78, 5) is 13.1. The lowest BCUT2D eigenvalue weighted by atomic mass is 10.1. The molecule has 0 spiro atoms. The van der Waals surface area contributed by atoms with E-state index in [1.54, 1.807) is 30.3 Å². The summed E-state index contributed by atoms with van der Waals surface area (Å²) in [6.45, 7) is 2.42. The molecular weight excluding hydrogens is 226 g/mol. The number of rotatable bonds is 4. The predicted molar refractivity (Wildman–Crippen MR) is 68.1 cm³/mol. The average Bonchev–Trinajstić information content (AvgIpc) is 2.42. The van der Waals surface area contributed by atoms with Gasteiger partial charge in [0.05, 0.1) is 17.7 Å². The minimum Gasteiger partial charge on any atom is -0.326 e. The van der Waals surface area contributed by atoms with Gasteiger partial charge in [-0.3, -0.25) is 4.79 Å². The van der Waals surface area contributed by atoms with Gasteiger partial charge in [-0.15, -0.1) is 0 Å². The highest BCUT2D eigenvalue weighted by Gasteiger charge is 2.06. The van der Waals surface area contributed by atoms with Gasteiger partial charge in [-0.25, -0.2) is 0 Å². The van der Waals surface area contributed by atoms with Crippen molar-refractivity contribution in [3.63, 3.8) is 0 Å². The molecule has 1 rings (SSSR count). The van der Waals surface area contributed by atoms with Gasteiger partial charge in [-0.2, -0.15) is 10.5 Å². The highest BCUT2D eigenvalue weighted by molar-refractivity contribution is 5.91. The van der Waals surface area contributed by atoms with E-state index in [2.05, 4.69) is 0 Å². The molecule has 0 heterocycles. The zero-order chi connectivity index (χ0) is 13.4. The molecule has 4 heteroatoms. The van der Waals surface area contributed by atoms with Crippen molar-refractivity contribution in [3.05, 3.63) is 41.5 Å². The third-order valence-electron chi connectivity index (χ3n) is 2.41. The Hall–Kier alpha value is -2.59. The maximum Gasteiger partial charge on any atom is 0.247 e. The van der Waals surface area contributed by atoms with Crippen LogP contribution in [0.25, 0.3) is 6.08 Å². The molecule has 0 saturated carbocycles. The zero-order valence-electron chi connectivity index (χ0n) is 10.1. The number of likely N-dealkylation sites (N-methyl/N-ethyl adjacent to an activating group) is 1. The molecular formula is C14H13N3O. The molecule has 1 aromatic rings. The number of nitriles is 2. The van der Waals surface area contributed by atoms with Crippen molar-refractivity contribution in [2.24, 2.45) is 0 Å². The number of hydrogen-bond acceptors (Lipinski definition) is 3. The Balaban J connectivity index is 2.71. The third kappa shape index (κ3) is 3.77. The van der Waals surface area contributed by atoms with E-state index in [0.29, 0.717) is 12.1 Å². The van der Waals surface area contributed by atoms with Crippen LogP contribution in [-0.2, 0) is 4.79 Å². The molecule has 1 amide bonds. The monoisotopic (exact) mass is 239 g/mol. The topological polar surface area (TPSA) is 67.9 Å². The van der Waals surface area contributed by atoms with Crippen molar-refractivity contribution in [1.29, 1.82) is 10.5 Å². The number of hydrogen-bond donors (Lipinski definition) is 0. The summed E-state index contributed by atoms with van der Waals surface area (Å²) in [5, 5.41) is 17.2. The molecule has 1 aromatic carbocycles. The number of nitrogens with zero attached hydrogens (tertiary/aromatic N) is 3. The molecule has 0 aliphatic heterocycles. The number of benzene rings is 1. The lowest BCUT2D eigenvalue weighted by molar-refractivity contribution is -0.125. The Morgan fingerprint density at radius 3 is 2.50 bits per heavy atom. The molecule has 0 unspecified atom stereocenters. The van der Waals surface area contributed by atoms with Crippen LogP contribution in [0, 0.1) is 22.7 Å². The van der Waals surface area contributed by atoms with Crippen molar-refractivity contribution < 1.29 is 4.79 Å². The third-order valence-corrected chi connectivity index (χ3v) is 2.41. The van der Waals surface area contributed by atoms with Crippen molar-refractivity contribution in [2.45, 2.75) is 6.92 Å². The van der Waals surface area contributed by atoms with Crippen molar-refractivity contribution in [1.82, 2.24) is 4.90 Å². The molecule has 0 aromatic heterocycles. The Morgan fingerprint density at radius 2 is 2.00 bits per heavy atom. The average molecular weight is 239 g/mol. The SMILES string of the molecule is CCN(CC#N)C(=O)/C=C\c1ccc(C#N)cc1. The van der Waals surface area contributed by atoms with Crippen molar-refractivity contribution in [3.8, 4) is 12.1 Å². The lowest BCUT2D eigenvalue weighted by Gasteiger charge is -2.14. The number of carbonyl (C=O) groups excluding carboxylic acids is 1. The zero-order valence-corrected chi connectivity index (χ0v) is 10.1. The first-order valence-corrected chi connectivity index (χ1v) is 5.55. The van der Waals surface area contributed by atoms with Crippen molar-refractivity contribution in [2.75, 3.05) is 13.1 Å². The van der Waals surface area contributed by atoms with Crippen LogP contribution < -0.4 is 0 Å². The van der Waals surface area contributed by atoms with Gasteiger partial charge in [-0.05, 0) is 30.7 Å². The van der Waals surface area contributed by atoms with E-state index >= 15 is 0 Å². The fraction of sp³-hybridized carbons (Fsp3) is 0.214. The highest BCUT2D eigenvalue weighted by atomic mass is 16.2. The number of amides is 1. The van der Waals surface area contributed by atoms with Gasteiger partial charge < -0.3 is 4.90 Å². The van der Waals surface area contributed by atoms with E-state index in [9.17, 15) is 4.79 Å². The molecule has 18 heavy (non-hydrogen) atoms. The Morgan fingerprint density at radius 1 is 1.33 bits per heavy atom. The standard InChI is InChI=1S/C14H13N3O/c1-2-17(10-9-15)14(18)8-7-12-3-5-13(11-16)6-4-12/h3-8H,2,10H2,1H3/b8-7-. The van der Waals surface area contributed by atoms with Gasteiger partial charge in [0.15, 0.2) is 0 Å². The molecule has 0 saturated heterocycles. The van der Waals surface area contributed by atoms with Gasteiger partial charge in [0.25, 0.3) is 0 Å². The molecule has 90 valence electrons. The molecule has 0 bridgehead atoms. The van der Waals surface area contributed by atoms with Gasteiger partial charge >= 0.3 is 0 Å².